The maximum Gasteiger partial charge on any atom is 0.203 e. The average molecular weight is 366 g/mol. The van der Waals surface area contributed by atoms with Gasteiger partial charge < -0.3 is 9.64 Å². The minimum absolute atomic E-state index is 0.166. The molecule has 0 bridgehead atoms. The highest BCUT2D eigenvalue weighted by Gasteiger charge is 2.20. The molecule has 1 aromatic carbocycles. The Labute approximate surface area is 151 Å². The SMILES string of the molecule is O=Cc1c(=O)c2cc(N3CCOCC3)nnc2n2c1sc1ccccc12. The van der Waals surface area contributed by atoms with Gasteiger partial charge in [-0.1, -0.05) is 12.1 Å². The number of nitrogens with zero attached hydrogens (tertiary/aromatic N) is 4. The summed E-state index contributed by atoms with van der Waals surface area (Å²) in [5, 5.41) is 9.11. The second-order valence-corrected chi connectivity index (χ2v) is 7.14. The number of para-hydroxylation sites is 1. The van der Waals surface area contributed by atoms with Gasteiger partial charge in [0.1, 0.15) is 4.83 Å². The molecule has 3 aromatic heterocycles. The third-order valence-electron chi connectivity index (χ3n) is 4.66. The molecular weight excluding hydrogens is 352 g/mol. The molecule has 130 valence electrons. The summed E-state index contributed by atoms with van der Waals surface area (Å²) in [5.41, 5.74) is 1.25. The van der Waals surface area contributed by atoms with E-state index < -0.39 is 0 Å². The molecule has 4 heterocycles. The predicted octanol–water partition coefficient (Wildman–Crippen LogP) is 2.11. The van der Waals surface area contributed by atoms with Gasteiger partial charge in [-0.25, -0.2) is 0 Å². The van der Waals surface area contributed by atoms with E-state index in [2.05, 4.69) is 10.2 Å². The van der Waals surface area contributed by atoms with E-state index in [4.69, 9.17) is 4.74 Å². The molecular formula is C18H14N4O3S. The zero-order valence-electron chi connectivity index (χ0n) is 13.7. The largest absolute Gasteiger partial charge is 0.378 e. The second-order valence-electron chi connectivity index (χ2n) is 6.11. The van der Waals surface area contributed by atoms with Crippen molar-refractivity contribution in [1.82, 2.24) is 14.6 Å². The molecule has 7 nitrogen and oxygen atoms in total. The van der Waals surface area contributed by atoms with Gasteiger partial charge in [0.25, 0.3) is 0 Å². The maximum atomic E-state index is 12.9. The fraction of sp³-hybridized carbons (Fsp3) is 0.222. The number of anilines is 1. The standard InChI is InChI=1S/C18H14N4O3S/c23-10-12-16(24)11-9-15(21-5-7-25-8-6-21)19-20-17(11)22-13-3-1-2-4-14(13)26-18(12)22/h1-4,9-10H,5-8H2. The third kappa shape index (κ3) is 2.16. The van der Waals surface area contributed by atoms with Gasteiger partial charge in [-0.05, 0) is 18.2 Å². The Morgan fingerprint density at radius 1 is 1.15 bits per heavy atom. The number of rotatable bonds is 2. The molecule has 0 spiro atoms. The van der Waals surface area contributed by atoms with Crippen LogP contribution >= 0.6 is 11.3 Å². The summed E-state index contributed by atoms with van der Waals surface area (Å²) in [6.45, 7) is 2.64. The zero-order chi connectivity index (χ0) is 17.7. The molecule has 0 saturated carbocycles. The Kier molecular flexibility index (Phi) is 3.47. The number of morpholine rings is 1. The van der Waals surface area contributed by atoms with Crippen LogP contribution in [0.3, 0.4) is 0 Å². The summed E-state index contributed by atoms with van der Waals surface area (Å²) in [6.07, 6.45) is 0.640. The summed E-state index contributed by atoms with van der Waals surface area (Å²) < 4.78 is 8.21. The van der Waals surface area contributed by atoms with Gasteiger partial charge in [0.15, 0.2) is 17.8 Å². The maximum absolute atomic E-state index is 12.9. The first kappa shape index (κ1) is 15.4. The lowest BCUT2D eigenvalue weighted by Crippen LogP contribution is -2.37. The minimum atomic E-state index is -0.300. The Morgan fingerprint density at radius 3 is 2.77 bits per heavy atom. The van der Waals surface area contributed by atoms with E-state index in [1.54, 1.807) is 6.07 Å². The fourth-order valence-electron chi connectivity index (χ4n) is 3.37. The molecule has 4 aromatic rings. The summed E-state index contributed by atoms with van der Waals surface area (Å²) in [4.78, 5) is 27.3. The highest BCUT2D eigenvalue weighted by molar-refractivity contribution is 7.24. The number of aldehydes is 1. The first-order valence-electron chi connectivity index (χ1n) is 8.29. The van der Waals surface area contributed by atoms with Crippen LogP contribution in [0.15, 0.2) is 35.1 Å². The van der Waals surface area contributed by atoms with Crippen LogP contribution in [0.5, 0.6) is 0 Å². The smallest absolute Gasteiger partial charge is 0.203 e. The van der Waals surface area contributed by atoms with Crippen molar-refractivity contribution in [3.8, 4) is 0 Å². The van der Waals surface area contributed by atoms with Crippen LogP contribution in [-0.4, -0.2) is 47.2 Å². The molecule has 0 unspecified atom stereocenters. The van der Waals surface area contributed by atoms with Crippen molar-refractivity contribution in [3.63, 3.8) is 0 Å². The lowest BCUT2D eigenvalue weighted by atomic mass is 10.2. The molecule has 1 saturated heterocycles. The third-order valence-corrected chi connectivity index (χ3v) is 5.82. The van der Waals surface area contributed by atoms with Crippen molar-refractivity contribution in [2.75, 3.05) is 31.2 Å². The molecule has 0 atom stereocenters. The van der Waals surface area contributed by atoms with Crippen molar-refractivity contribution >= 4 is 49.5 Å². The molecule has 1 aliphatic heterocycles. The molecule has 0 amide bonds. The molecule has 5 rings (SSSR count). The lowest BCUT2D eigenvalue weighted by molar-refractivity contribution is 0.112. The van der Waals surface area contributed by atoms with E-state index in [1.807, 2.05) is 33.6 Å². The molecule has 0 N–H and O–H groups in total. The second kappa shape index (κ2) is 5.86. The van der Waals surface area contributed by atoms with Gasteiger partial charge in [-0.3, -0.25) is 14.0 Å². The lowest BCUT2D eigenvalue weighted by Gasteiger charge is -2.27. The predicted molar refractivity (Wildman–Crippen MR) is 101 cm³/mol. The monoisotopic (exact) mass is 366 g/mol. The van der Waals surface area contributed by atoms with Crippen LogP contribution in [0.2, 0.25) is 0 Å². The normalized spacial score (nSPS) is 15.2. The van der Waals surface area contributed by atoms with Crippen LogP contribution < -0.4 is 10.3 Å². The summed E-state index contributed by atoms with van der Waals surface area (Å²) in [5.74, 6) is 0.634. The van der Waals surface area contributed by atoms with Crippen molar-refractivity contribution in [3.05, 3.63) is 46.1 Å². The highest BCUT2D eigenvalue weighted by atomic mass is 32.1. The Hall–Kier alpha value is -2.84. The summed E-state index contributed by atoms with van der Waals surface area (Å²) in [7, 11) is 0. The number of hydrogen-bond donors (Lipinski definition) is 0. The van der Waals surface area contributed by atoms with Crippen LogP contribution in [0.4, 0.5) is 5.82 Å². The average Bonchev–Trinajstić information content (AvgIpc) is 3.08. The summed E-state index contributed by atoms with van der Waals surface area (Å²) in [6, 6.07) is 9.51. The number of ether oxygens (including phenoxy) is 1. The van der Waals surface area contributed by atoms with E-state index >= 15 is 0 Å². The number of carbonyl (C=O) groups is 1. The van der Waals surface area contributed by atoms with Gasteiger partial charge in [0, 0.05) is 13.1 Å². The van der Waals surface area contributed by atoms with Crippen molar-refractivity contribution < 1.29 is 9.53 Å². The Morgan fingerprint density at radius 2 is 1.96 bits per heavy atom. The number of fused-ring (bicyclic) bond motifs is 5. The topological polar surface area (TPSA) is 76.8 Å². The number of hydrogen-bond acceptors (Lipinski definition) is 7. The number of thiazole rings is 1. The van der Waals surface area contributed by atoms with E-state index in [1.165, 1.54) is 11.3 Å². The number of aromatic nitrogens is 3. The molecule has 0 radical (unpaired) electrons. The number of carbonyl (C=O) groups excluding carboxylic acids is 1. The van der Waals surface area contributed by atoms with Crippen LogP contribution in [-0.2, 0) is 4.74 Å². The van der Waals surface area contributed by atoms with Crippen LogP contribution in [0.25, 0.3) is 26.1 Å². The van der Waals surface area contributed by atoms with Gasteiger partial charge in [-0.15, -0.1) is 21.5 Å². The van der Waals surface area contributed by atoms with Gasteiger partial charge in [0.2, 0.25) is 5.43 Å². The zero-order valence-corrected chi connectivity index (χ0v) is 14.5. The van der Waals surface area contributed by atoms with Crippen LogP contribution in [0, 0.1) is 0 Å². The molecule has 1 fully saturated rings. The van der Waals surface area contributed by atoms with Gasteiger partial charge in [0.05, 0.1) is 34.4 Å². The van der Waals surface area contributed by atoms with Crippen molar-refractivity contribution in [2.24, 2.45) is 0 Å². The fourth-order valence-corrected chi connectivity index (χ4v) is 4.52. The van der Waals surface area contributed by atoms with Crippen molar-refractivity contribution in [2.45, 2.75) is 0 Å². The Balaban J connectivity index is 1.88. The number of benzene rings is 1. The first-order chi connectivity index (χ1) is 12.8. The summed E-state index contributed by atoms with van der Waals surface area (Å²) >= 11 is 1.41. The molecule has 26 heavy (non-hydrogen) atoms. The van der Waals surface area contributed by atoms with Gasteiger partial charge >= 0.3 is 0 Å². The van der Waals surface area contributed by atoms with Crippen LogP contribution in [0.1, 0.15) is 10.4 Å². The number of pyridine rings is 1. The van der Waals surface area contributed by atoms with E-state index in [9.17, 15) is 9.59 Å². The molecule has 0 aliphatic carbocycles. The first-order valence-corrected chi connectivity index (χ1v) is 9.11. The highest BCUT2D eigenvalue weighted by Crippen LogP contribution is 2.30. The molecule has 8 heteroatoms. The van der Waals surface area contributed by atoms with E-state index in [0.717, 1.165) is 10.2 Å². The van der Waals surface area contributed by atoms with E-state index in [-0.39, 0.29) is 11.0 Å². The minimum Gasteiger partial charge on any atom is -0.378 e. The quantitative estimate of drug-likeness (QED) is 0.506. The van der Waals surface area contributed by atoms with E-state index in [0.29, 0.717) is 54.3 Å². The van der Waals surface area contributed by atoms with Gasteiger partial charge in [-0.2, -0.15) is 0 Å². The molecule has 1 aliphatic rings. The van der Waals surface area contributed by atoms with Crippen molar-refractivity contribution in [1.29, 1.82) is 0 Å². The Bertz CT molecular complexity index is 1220.